The number of pyridine rings is 1. The lowest BCUT2D eigenvalue weighted by molar-refractivity contribution is -0.662. The number of carboxylic acids is 1. The SMILES string of the molecule is CCO/N=C(\C(=O)N[C@@H]1C(=O)N2C(C(=O)O)=C(C[n+]3ccn4cc(Cl)ccc43)CS[C@H]12)c1csc(N)n1. The molecule has 192 valence electrons. The third-order valence-electron chi connectivity index (χ3n) is 5.78. The summed E-state index contributed by atoms with van der Waals surface area (Å²) >= 11 is 8.57. The third kappa shape index (κ3) is 4.63. The number of thioether (sulfide) groups is 1. The highest BCUT2D eigenvalue weighted by molar-refractivity contribution is 8.00. The first-order valence-corrected chi connectivity index (χ1v) is 13.4. The van der Waals surface area contributed by atoms with Crippen molar-refractivity contribution < 1.29 is 28.9 Å². The average Bonchev–Trinajstić information content (AvgIpc) is 3.47. The first-order chi connectivity index (χ1) is 17.8. The lowest BCUT2D eigenvalue weighted by Crippen LogP contribution is -2.71. The Morgan fingerprint density at radius 1 is 1.43 bits per heavy atom. The number of β-lactam (4-membered cyclic amide) rings is 1. The molecule has 0 aliphatic carbocycles. The van der Waals surface area contributed by atoms with E-state index in [1.807, 2.05) is 27.4 Å². The van der Waals surface area contributed by atoms with Crippen molar-refractivity contribution in [2.45, 2.75) is 24.9 Å². The Morgan fingerprint density at radius 2 is 2.24 bits per heavy atom. The van der Waals surface area contributed by atoms with Gasteiger partial charge in [0.05, 0.1) is 5.02 Å². The molecule has 12 nitrogen and oxygen atoms in total. The van der Waals surface area contributed by atoms with E-state index >= 15 is 0 Å². The summed E-state index contributed by atoms with van der Waals surface area (Å²) in [5, 5.41) is 18.3. The molecule has 0 bridgehead atoms. The van der Waals surface area contributed by atoms with Crippen LogP contribution in [-0.4, -0.2) is 66.7 Å². The Hall–Kier alpha value is -3.62. The number of thiazole rings is 1. The van der Waals surface area contributed by atoms with Gasteiger partial charge in [0.1, 0.15) is 54.5 Å². The van der Waals surface area contributed by atoms with Gasteiger partial charge in [0.25, 0.3) is 17.5 Å². The summed E-state index contributed by atoms with van der Waals surface area (Å²) in [5.74, 6) is -2.03. The Kier molecular flexibility index (Phi) is 6.79. The van der Waals surface area contributed by atoms with Gasteiger partial charge < -0.3 is 21.0 Å². The number of carboxylic acid groups (broad SMARTS) is 1. The molecule has 5 heterocycles. The lowest BCUT2D eigenvalue weighted by Gasteiger charge is -2.49. The summed E-state index contributed by atoms with van der Waals surface area (Å²) in [6, 6.07) is 2.65. The molecule has 1 fully saturated rings. The molecule has 2 aliphatic rings. The number of oxime groups is 1. The molecule has 0 radical (unpaired) electrons. The normalized spacial score (nSPS) is 19.6. The number of rotatable bonds is 8. The number of nitrogens with zero attached hydrogens (tertiary/aromatic N) is 5. The molecule has 4 N–H and O–H groups in total. The number of carbonyl (C=O) groups is 3. The fourth-order valence-corrected chi connectivity index (χ4v) is 6.21. The van der Waals surface area contributed by atoms with Crippen LogP contribution in [0.4, 0.5) is 5.13 Å². The van der Waals surface area contributed by atoms with E-state index in [1.54, 1.807) is 24.6 Å². The fourth-order valence-electron chi connectivity index (χ4n) is 4.16. The van der Waals surface area contributed by atoms with Crippen molar-refractivity contribution in [1.82, 2.24) is 19.6 Å². The van der Waals surface area contributed by atoms with Gasteiger partial charge in [-0.15, -0.1) is 23.1 Å². The molecular weight excluding hydrogens is 542 g/mol. The molecule has 0 aromatic carbocycles. The van der Waals surface area contributed by atoms with Crippen molar-refractivity contribution in [3.63, 3.8) is 0 Å². The van der Waals surface area contributed by atoms with E-state index in [0.29, 0.717) is 16.3 Å². The van der Waals surface area contributed by atoms with Gasteiger partial charge >= 0.3 is 5.97 Å². The van der Waals surface area contributed by atoms with Crippen LogP contribution in [0, 0.1) is 0 Å². The van der Waals surface area contributed by atoms with Crippen molar-refractivity contribution in [3.05, 3.63) is 58.1 Å². The molecule has 3 aromatic heterocycles. The molecule has 0 unspecified atom stereocenters. The zero-order chi connectivity index (χ0) is 26.3. The first kappa shape index (κ1) is 25.0. The van der Waals surface area contributed by atoms with Gasteiger partial charge in [0.15, 0.2) is 10.8 Å². The van der Waals surface area contributed by atoms with Crippen LogP contribution < -0.4 is 15.6 Å². The van der Waals surface area contributed by atoms with E-state index in [0.717, 1.165) is 17.0 Å². The Labute approximate surface area is 223 Å². The average molecular weight is 563 g/mol. The van der Waals surface area contributed by atoms with Gasteiger partial charge in [-0.05, 0) is 13.0 Å². The third-order valence-corrected chi connectivity index (χ3v) is 8.02. The Bertz CT molecular complexity index is 1480. The summed E-state index contributed by atoms with van der Waals surface area (Å²) < 4.78 is 3.72. The van der Waals surface area contributed by atoms with Crippen molar-refractivity contribution in [1.29, 1.82) is 0 Å². The molecule has 37 heavy (non-hydrogen) atoms. The summed E-state index contributed by atoms with van der Waals surface area (Å²) in [6.45, 7) is 2.21. The number of anilines is 1. The van der Waals surface area contributed by atoms with Gasteiger partial charge in [-0.25, -0.2) is 18.7 Å². The van der Waals surface area contributed by atoms with E-state index < -0.39 is 29.2 Å². The van der Waals surface area contributed by atoms with Crippen LogP contribution in [-0.2, 0) is 25.8 Å². The van der Waals surface area contributed by atoms with E-state index in [2.05, 4.69) is 15.5 Å². The second-order valence-corrected chi connectivity index (χ2v) is 10.5. The summed E-state index contributed by atoms with van der Waals surface area (Å²) in [5.41, 5.74) is 7.11. The molecule has 5 rings (SSSR count). The topological polar surface area (TPSA) is 156 Å². The van der Waals surface area contributed by atoms with Crippen molar-refractivity contribution >= 4 is 69.0 Å². The van der Waals surface area contributed by atoms with Gasteiger partial charge in [0.2, 0.25) is 0 Å². The van der Waals surface area contributed by atoms with Crippen LogP contribution in [0.2, 0.25) is 5.02 Å². The van der Waals surface area contributed by atoms with Crippen molar-refractivity contribution in [3.8, 4) is 0 Å². The maximum absolute atomic E-state index is 13.1. The minimum Gasteiger partial charge on any atom is -0.477 e. The van der Waals surface area contributed by atoms with E-state index in [9.17, 15) is 19.5 Å². The smallest absolute Gasteiger partial charge is 0.352 e. The molecule has 0 spiro atoms. The number of carbonyl (C=O) groups excluding carboxylic acids is 2. The van der Waals surface area contributed by atoms with Crippen LogP contribution in [0.25, 0.3) is 5.65 Å². The zero-order valence-electron chi connectivity index (χ0n) is 19.3. The quantitative estimate of drug-likeness (QED) is 0.159. The molecule has 2 aliphatic heterocycles. The van der Waals surface area contributed by atoms with Crippen LogP contribution >= 0.6 is 34.7 Å². The molecule has 1 saturated heterocycles. The number of halogens is 1. The Morgan fingerprint density at radius 3 is 2.95 bits per heavy atom. The molecule has 0 saturated carbocycles. The second kappa shape index (κ2) is 10.0. The van der Waals surface area contributed by atoms with Crippen LogP contribution in [0.1, 0.15) is 12.6 Å². The van der Waals surface area contributed by atoms with Crippen molar-refractivity contribution in [2.75, 3.05) is 18.1 Å². The zero-order valence-corrected chi connectivity index (χ0v) is 21.7. The number of nitrogens with two attached hydrogens (primary N) is 1. The predicted molar refractivity (Wildman–Crippen MR) is 137 cm³/mol. The molecular formula is C22H21ClN7O5S2+. The summed E-state index contributed by atoms with van der Waals surface area (Å²) in [4.78, 5) is 48.7. The number of amides is 2. The van der Waals surface area contributed by atoms with E-state index in [1.165, 1.54) is 16.7 Å². The maximum Gasteiger partial charge on any atom is 0.352 e. The van der Waals surface area contributed by atoms with Gasteiger partial charge in [-0.2, -0.15) is 0 Å². The number of hydrogen-bond donors (Lipinski definition) is 3. The number of imidazole rings is 1. The van der Waals surface area contributed by atoms with E-state index in [-0.39, 0.29) is 35.4 Å². The fraction of sp³-hybridized carbons (Fsp3) is 0.273. The Balaban J connectivity index is 1.37. The monoisotopic (exact) mass is 562 g/mol. The second-order valence-electron chi connectivity index (χ2n) is 8.09. The molecule has 2 amide bonds. The van der Waals surface area contributed by atoms with Crippen LogP contribution in [0.15, 0.2) is 52.5 Å². The van der Waals surface area contributed by atoms with Crippen LogP contribution in [0.3, 0.4) is 0 Å². The molecule has 2 atom stereocenters. The minimum atomic E-state index is -1.21. The molecule has 3 aromatic rings. The molecule has 15 heteroatoms. The lowest BCUT2D eigenvalue weighted by atomic mass is 10.0. The number of aliphatic carboxylic acids is 1. The minimum absolute atomic E-state index is 0.0736. The van der Waals surface area contributed by atoms with E-state index in [4.69, 9.17) is 22.2 Å². The highest BCUT2D eigenvalue weighted by Gasteiger charge is 2.54. The largest absolute Gasteiger partial charge is 0.477 e. The number of hydrogen-bond acceptors (Lipinski definition) is 9. The van der Waals surface area contributed by atoms with Gasteiger partial charge in [0, 0.05) is 22.8 Å². The number of nitrogens with one attached hydrogen (secondary N) is 1. The predicted octanol–water partition coefficient (Wildman–Crippen LogP) is 1.10. The number of fused-ring (bicyclic) bond motifs is 2. The van der Waals surface area contributed by atoms with Crippen LogP contribution in [0.5, 0.6) is 0 Å². The van der Waals surface area contributed by atoms with Gasteiger partial charge in [-0.1, -0.05) is 16.8 Å². The highest BCUT2D eigenvalue weighted by Crippen LogP contribution is 2.40. The highest BCUT2D eigenvalue weighted by atomic mass is 35.5. The van der Waals surface area contributed by atoms with Crippen molar-refractivity contribution in [2.24, 2.45) is 5.16 Å². The summed E-state index contributed by atoms with van der Waals surface area (Å²) in [6.07, 6.45) is 5.39. The number of aromatic nitrogens is 3. The summed E-state index contributed by atoms with van der Waals surface area (Å²) in [7, 11) is 0. The first-order valence-electron chi connectivity index (χ1n) is 11.1. The maximum atomic E-state index is 13.1. The standard InChI is InChI=1S/C22H20ClN7O5S2/c1-2-35-27-15(13-10-37-22(24)25-13)18(31)26-16-19(32)30-17(21(33)34)11(9-36-20(16)30)7-28-5-6-29-8-12(23)3-4-14(28)29/h3-6,8,10,16,20H,2,7,9H2,1H3,(H3-,24,25,26,31,33,34)/p+1/b27-15-/t16-,20-/m1/s1. The van der Waals surface area contributed by atoms with Gasteiger partial charge in [-0.3, -0.25) is 14.5 Å². The number of nitrogen functional groups attached to an aromatic ring is 1.